The van der Waals surface area contributed by atoms with Gasteiger partial charge in [-0.05, 0) is 22.0 Å². The monoisotopic (exact) mass is 284 g/mol. The number of ether oxygens (including phenoxy) is 1. The first-order chi connectivity index (χ1) is 7.70. The molecule has 0 spiro atoms. The van der Waals surface area contributed by atoms with Gasteiger partial charge in [-0.15, -0.1) is 0 Å². The van der Waals surface area contributed by atoms with Gasteiger partial charge in [0.25, 0.3) is 0 Å². The second kappa shape index (κ2) is 4.82. The van der Waals surface area contributed by atoms with Crippen LogP contribution in [-0.2, 0) is 4.79 Å². The van der Waals surface area contributed by atoms with Crippen LogP contribution >= 0.6 is 15.9 Å². The largest absolute Gasteiger partial charge is 0.481 e. The number of Topliss-reactive ketones (excluding diaryl/α,β-unsaturated/α-hetero) is 1. The quantitative estimate of drug-likeness (QED) is 0.780. The van der Waals surface area contributed by atoms with Gasteiger partial charge in [-0.25, -0.2) is 4.98 Å². The van der Waals surface area contributed by atoms with E-state index < -0.39 is 0 Å². The number of carbonyl (C=O) groups excluding carboxylic acids is 1. The van der Waals surface area contributed by atoms with Crippen molar-refractivity contribution in [3.05, 3.63) is 16.7 Å². The van der Waals surface area contributed by atoms with Crippen LogP contribution < -0.4 is 9.64 Å². The van der Waals surface area contributed by atoms with E-state index >= 15 is 0 Å². The summed E-state index contributed by atoms with van der Waals surface area (Å²) in [6.45, 7) is 1.54. The smallest absolute Gasteiger partial charge is 0.214 e. The third-order valence-electron chi connectivity index (χ3n) is 2.67. The molecule has 2 heterocycles. The summed E-state index contributed by atoms with van der Waals surface area (Å²) in [5.41, 5.74) is 1.02. The third kappa shape index (κ3) is 2.35. The maximum Gasteiger partial charge on any atom is 0.214 e. The molecule has 0 unspecified atom stereocenters. The molecule has 0 N–H and O–H groups in total. The molecule has 0 saturated carbocycles. The zero-order chi connectivity index (χ0) is 11.5. The highest BCUT2D eigenvalue weighted by Gasteiger charge is 2.18. The van der Waals surface area contributed by atoms with E-state index in [4.69, 9.17) is 4.74 Å². The molecular weight excluding hydrogens is 272 g/mol. The number of piperidine rings is 1. The van der Waals surface area contributed by atoms with Crippen LogP contribution in [0.25, 0.3) is 0 Å². The molecular formula is C11H13BrN2O2. The number of hydrogen-bond donors (Lipinski definition) is 0. The minimum absolute atomic E-state index is 0.342. The summed E-state index contributed by atoms with van der Waals surface area (Å²) >= 11 is 3.42. The lowest BCUT2D eigenvalue weighted by atomic mass is 10.1. The van der Waals surface area contributed by atoms with Crippen LogP contribution in [0.3, 0.4) is 0 Å². The summed E-state index contributed by atoms with van der Waals surface area (Å²) in [7, 11) is 1.59. The zero-order valence-corrected chi connectivity index (χ0v) is 10.7. The van der Waals surface area contributed by atoms with E-state index in [-0.39, 0.29) is 0 Å². The maximum atomic E-state index is 11.2. The molecule has 1 aromatic heterocycles. The highest BCUT2D eigenvalue weighted by atomic mass is 79.9. The Bertz CT molecular complexity index is 399. The van der Waals surface area contributed by atoms with Crippen molar-refractivity contribution in [2.75, 3.05) is 25.1 Å². The summed E-state index contributed by atoms with van der Waals surface area (Å²) in [5.74, 6) is 0.928. The summed E-state index contributed by atoms with van der Waals surface area (Å²) in [6.07, 6.45) is 1.25. The number of nitrogens with zero attached hydrogens (tertiary/aromatic N) is 2. The van der Waals surface area contributed by atoms with E-state index in [1.807, 2.05) is 12.1 Å². The van der Waals surface area contributed by atoms with Gasteiger partial charge >= 0.3 is 0 Å². The second-order valence-corrected chi connectivity index (χ2v) is 4.44. The van der Waals surface area contributed by atoms with Crippen LogP contribution in [0.2, 0.25) is 0 Å². The van der Waals surface area contributed by atoms with Crippen molar-refractivity contribution < 1.29 is 9.53 Å². The van der Waals surface area contributed by atoms with Crippen LogP contribution in [0.5, 0.6) is 5.88 Å². The molecule has 0 aromatic carbocycles. The highest BCUT2D eigenvalue weighted by molar-refractivity contribution is 9.10. The third-order valence-corrected chi connectivity index (χ3v) is 3.26. The zero-order valence-electron chi connectivity index (χ0n) is 9.07. The molecule has 1 fully saturated rings. The molecule has 1 aliphatic heterocycles. The Kier molecular flexibility index (Phi) is 3.43. The van der Waals surface area contributed by atoms with Gasteiger partial charge < -0.3 is 9.64 Å². The van der Waals surface area contributed by atoms with Crippen molar-refractivity contribution >= 4 is 27.4 Å². The van der Waals surface area contributed by atoms with Crippen LogP contribution in [0.15, 0.2) is 16.7 Å². The lowest BCUT2D eigenvalue weighted by Crippen LogP contribution is -2.34. The van der Waals surface area contributed by atoms with Crippen LogP contribution in [0.1, 0.15) is 12.8 Å². The molecule has 0 bridgehead atoms. The number of aromatic nitrogens is 1. The minimum Gasteiger partial charge on any atom is -0.481 e. The molecule has 2 rings (SSSR count). The maximum absolute atomic E-state index is 11.2. The van der Waals surface area contributed by atoms with E-state index in [0.29, 0.717) is 24.5 Å². The molecule has 1 aliphatic rings. The van der Waals surface area contributed by atoms with E-state index in [1.54, 1.807) is 7.11 Å². The number of rotatable bonds is 2. The lowest BCUT2D eigenvalue weighted by Gasteiger charge is -2.28. The van der Waals surface area contributed by atoms with Crippen LogP contribution in [0.4, 0.5) is 5.69 Å². The number of ketones is 1. The summed E-state index contributed by atoms with van der Waals surface area (Å²) in [5, 5.41) is 0. The van der Waals surface area contributed by atoms with Crippen LogP contribution in [0, 0.1) is 0 Å². The normalized spacial score (nSPS) is 16.4. The van der Waals surface area contributed by atoms with Crippen molar-refractivity contribution in [2.45, 2.75) is 12.8 Å². The molecule has 4 nitrogen and oxygen atoms in total. The average molecular weight is 285 g/mol. The second-order valence-electron chi connectivity index (χ2n) is 3.69. The van der Waals surface area contributed by atoms with Gasteiger partial charge in [0.1, 0.15) is 10.4 Å². The number of methoxy groups -OCH3 is 1. The van der Waals surface area contributed by atoms with E-state index in [1.165, 1.54) is 0 Å². The Morgan fingerprint density at radius 2 is 2.06 bits per heavy atom. The fourth-order valence-corrected chi connectivity index (χ4v) is 2.31. The van der Waals surface area contributed by atoms with E-state index in [9.17, 15) is 4.79 Å². The molecule has 86 valence electrons. The number of carbonyl (C=O) groups is 1. The standard InChI is InChI=1S/C11H13BrN2O2/c1-16-10-3-2-9(11(12)13-10)14-6-4-8(15)5-7-14/h2-3H,4-7H2,1H3. The number of pyridine rings is 1. The van der Waals surface area contributed by atoms with Gasteiger partial charge in [-0.3, -0.25) is 4.79 Å². The summed E-state index contributed by atoms with van der Waals surface area (Å²) < 4.78 is 5.81. The summed E-state index contributed by atoms with van der Waals surface area (Å²) in [4.78, 5) is 17.6. The van der Waals surface area contributed by atoms with Gasteiger partial charge in [0.2, 0.25) is 5.88 Å². The number of anilines is 1. The Labute approximate surface area is 103 Å². The SMILES string of the molecule is COc1ccc(N2CCC(=O)CC2)c(Br)n1. The fourth-order valence-electron chi connectivity index (χ4n) is 1.76. The molecule has 5 heteroatoms. The predicted octanol–water partition coefficient (Wildman–Crippen LogP) is 2.02. The molecule has 0 amide bonds. The van der Waals surface area contributed by atoms with Crippen molar-refractivity contribution in [1.29, 1.82) is 0 Å². The van der Waals surface area contributed by atoms with Crippen LogP contribution in [-0.4, -0.2) is 31.0 Å². The van der Waals surface area contributed by atoms with Gasteiger partial charge in [0.15, 0.2) is 0 Å². The van der Waals surface area contributed by atoms with Crippen molar-refractivity contribution in [1.82, 2.24) is 4.98 Å². The Morgan fingerprint density at radius 1 is 1.38 bits per heavy atom. The Morgan fingerprint density at radius 3 is 2.62 bits per heavy atom. The van der Waals surface area contributed by atoms with E-state index in [2.05, 4.69) is 25.8 Å². The number of hydrogen-bond acceptors (Lipinski definition) is 4. The lowest BCUT2D eigenvalue weighted by molar-refractivity contribution is -0.119. The van der Waals surface area contributed by atoms with Gasteiger partial charge in [-0.2, -0.15) is 0 Å². The van der Waals surface area contributed by atoms with Gasteiger partial charge in [0.05, 0.1) is 12.8 Å². The average Bonchev–Trinajstić information content (AvgIpc) is 2.30. The molecule has 0 atom stereocenters. The Balaban J connectivity index is 2.17. The molecule has 1 saturated heterocycles. The Hall–Kier alpha value is -1.10. The number of halogens is 1. The van der Waals surface area contributed by atoms with Crippen molar-refractivity contribution in [3.63, 3.8) is 0 Å². The predicted molar refractivity (Wildman–Crippen MR) is 64.9 cm³/mol. The first-order valence-corrected chi connectivity index (χ1v) is 5.97. The minimum atomic E-state index is 0.342. The first-order valence-electron chi connectivity index (χ1n) is 5.18. The van der Waals surface area contributed by atoms with Gasteiger partial charge in [0, 0.05) is 32.0 Å². The highest BCUT2D eigenvalue weighted by Crippen LogP contribution is 2.28. The fraction of sp³-hybridized carbons (Fsp3) is 0.455. The molecule has 0 aliphatic carbocycles. The van der Waals surface area contributed by atoms with Crippen molar-refractivity contribution in [3.8, 4) is 5.88 Å². The van der Waals surface area contributed by atoms with E-state index in [0.717, 1.165) is 23.4 Å². The molecule has 16 heavy (non-hydrogen) atoms. The molecule has 1 aromatic rings. The van der Waals surface area contributed by atoms with Crippen molar-refractivity contribution in [2.24, 2.45) is 0 Å². The molecule has 0 radical (unpaired) electrons. The van der Waals surface area contributed by atoms with Gasteiger partial charge in [-0.1, -0.05) is 0 Å². The first kappa shape index (κ1) is 11.4. The topological polar surface area (TPSA) is 42.4 Å². The summed E-state index contributed by atoms with van der Waals surface area (Å²) in [6, 6.07) is 3.79.